The lowest BCUT2D eigenvalue weighted by Gasteiger charge is -2.17. The molecular formula is C16H16FN3. The summed E-state index contributed by atoms with van der Waals surface area (Å²) >= 11 is 0. The second-order valence-electron chi connectivity index (χ2n) is 4.85. The van der Waals surface area contributed by atoms with Crippen molar-refractivity contribution >= 4 is 11.4 Å². The van der Waals surface area contributed by atoms with Crippen molar-refractivity contribution < 1.29 is 4.39 Å². The SMILES string of the molecule is Fc1ccc(CNCC2=NNc3ccccc3C2)cc1. The summed E-state index contributed by atoms with van der Waals surface area (Å²) in [6.07, 6.45) is 0.861. The minimum atomic E-state index is -0.203. The predicted molar refractivity (Wildman–Crippen MR) is 79.3 cm³/mol. The second-order valence-corrected chi connectivity index (χ2v) is 4.85. The van der Waals surface area contributed by atoms with E-state index in [1.54, 1.807) is 12.1 Å². The second kappa shape index (κ2) is 5.84. The fourth-order valence-corrected chi connectivity index (χ4v) is 2.24. The molecule has 2 N–H and O–H groups in total. The average molecular weight is 269 g/mol. The molecule has 1 heterocycles. The third-order valence-corrected chi connectivity index (χ3v) is 3.32. The third-order valence-electron chi connectivity index (χ3n) is 3.32. The zero-order valence-electron chi connectivity index (χ0n) is 11.1. The van der Waals surface area contributed by atoms with Crippen LogP contribution in [0.1, 0.15) is 11.1 Å². The van der Waals surface area contributed by atoms with Crippen LogP contribution in [0, 0.1) is 5.82 Å². The number of para-hydroxylation sites is 1. The van der Waals surface area contributed by atoms with E-state index in [9.17, 15) is 4.39 Å². The van der Waals surface area contributed by atoms with E-state index in [0.29, 0.717) is 6.54 Å². The number of benzene rings is 2. The molecule has 0 radical (unpaired) electrons. The van der Waals surface area contributed by atoms with Gasteiger partial charge in [0.15, 0.2) is 0 Å². The third kappa shape index (κ3) is 3.03. The summed E-state index contributed by atoms with van der Waals surface area (Å²) in [5.41, 5.74) is 7.55. The van der Waals surface area contributed by atoms with Gasteiger partial charge in [0, 0.05) is 19.5 Å². The highest BCUT2D eigenvalue weighted by Crippen LogP contribution is 2.19. The number of nitrogens with one attached hydrogen (secondary N) is 2. The molecular weight excluding hydrogens is 253 g/mol. The summed E-state index contributed by atoms with van der Waals surface area (Å²) in [4.78, 5) is 0. The number of nitrogens with zero attached hydrogens (tertiary/aromatic N) is 1. The lowest BCUT2D eigenvalue weighted by atomic mass is 10.1. The maximum absolute atomic E-state index is 12.8. The molecule has 0 bridgehead atoms. The molecule has 20 heavy (non-hydrogen) atoms. The first kappa shape index (κ1) is 12.8. The van der Waals surface area contributed by atoms with Gasteiger partial charge in [-0.2, -0.15) is 5.10 Å². The normalized spacial score (nSPS) is 13.3. The Kier molecular flexibility index (Phi) is 3.74. The zero-order chi connectivity index (χ0) is 13.8. The fraction of sp³-hybridized carbons (Fsp3) is 0.188. The molecule has 0 saturated carbocycles. The van der Waals surface area contributed by atoms with E-state index in [1.807, 2.05) is 18.2 Å². The molecule has 0 saturated heterocycles. The van der Waals surface area contributed by atoms with Gasteiger partial charge in [0.2, 0.25) is 0 Å². The van der Waals surface area contributed by atoms with Crippen molar-refractivity contribution in [2.45, 2.75) is 13.0 Å². The van der Waals surface area contributed by atoms with Crippen LogP contribution in [0.4, 0.5) is 10.1 Å². The highest BCUT2D eigenvalue weighted by Gasteiger charge is 2.10. The molecule has 3 nitrogen and oxygen atoms in total. The van der Waals surface area contributed by atoms with Crippen LogP contribution in [-0.4, -0.2) is 12.3 Å². The number of hydrogen-bond acceptors (Lipinski definition) is 3. The summed E-state index contributed by atoms with van der Waals surface area (Å²) in [6, 6.07) is 14.7. The Morgan fingerprint density at radius 1 is 1.05 bits per heavy atom. The van der Waals surface area contributed by atoms with Crippen LogP contribution in [0.25, 0.3) is 0 Å². The largest absolute Gasteiger partial charge is 0.307 e. The Morgan fingerprint density at radius 2 is 1.85 bits per heavy atom. The van der Waals surface area contributed by atoms with Crippen LogP contribution < -0.4 is 10.7 Å². The smallest absolute Gasteiger partial charge is 0.123 e. The first-order chi connectivity index (χ1) is 9.81. The molecule has 2 aromatic carbocycles. The Balaban J connectivity index is 1.53. The minimum absolute atomic E-state index is 0.203. The zero-order valence-corrected chi connectivity index (χ0v) is 11.1. The molecule has 2 aromatic rings. The summed E-state index contributed by atoms with van der Waals surface area (Å²) in [7, 11) is 0. The van der Waals surface area contributed by atoms with E-state index >= 15 is 0 Å². The van der Waals surface area contributed by atoms with Gasteiger partial charge in [-0.25, -0.2) is 4.39 Å². The van der Waals surface area contributed by atoms with E-state index in [2.05, 4.69) is 21.9 Å². The predicted octanol–water partition coefficient (Wildman–Crippen LogP) is 2.94. The molecule has 4 heteroatoms. The molecule has 1 aliphatic heterocycles. The van der Waals surface area contributed by atoms with Crippen LogP contribution in [0.15, 0.2) is 53.6 Å². The molecule has 0 aromatic heterocycles. The summed E-state index contributed by atoms with van der Waals surface area (Å²) in [5, 5.41) is 7.69. The number of hydrogen-bond donors (Lipinski definition) is 2. The van der Waals surface area contributed by atoms with E-state index in [0.717, 1.165) is 29.9 Å². The van der Waals surface area contributed by atoms with Gasteiger partial charge >= 0.3 is 0 Å². The van der Waals surface area contributed by atoms with Gasteiger partial charge in [0.25, 0.3) is 0 Å². The average Bonchev–Trinajstić information content (AvgIpc) is 2.49. The number of fused-ring (bicyclic) bond motifs is 1. The fourth-order valence-electron chi connectivity index (χ4n) is 2.24. The Hall–Kier alpha value is -2.20. The minimum Gasteiger partial charge on any atom is -0.307 e. The van der Waals surface area contributed by atoms with E-state index < -0.39 is 0 Å². The van der Waals surface area contributed by atoms with Crippen molar-refractivity contribution in [2.24, 2.45) is 5.10 Å². The molecule has 3 rings (SSSR count). The topological polar surface area (TPSA) is 36.4 Å². The number of halogens is 1. The van der Waals surface area contributed by atoms with Gasteiger partial charge in [-0.3, -0.25) is 5.43 Å². The molecule has 0 spiro atoms. The van der Waals surface area contributed by atoms with Crippen molar-refractivity contribution in [3.8, 4) is 0 Å². The maximum atomic E-state index is 12.8. The molecule has 0 amide bonds. The summed E-state index contributed by atoms with van der Waals surface area (Å²) < 4.78 is 12.8. The van der Waals surface area contributed by atoms with Gasteiger partial charge in [0.1, 0.15) is 5.82 Å². The van der Waals surface area contributed by atoms with Crippen molar-refractivity contribution in [2.75, 3.05) is 12.0 Å². The van der Waals surface area contributed by atoms with Gasteiger partial charge in [-0.1, -0.05) is 30.3 Å². The highest BCUT2D eigenvalue weighted by molar-refractivity contribution is 5.91. The lowest BCUT2D eigenvalue weighted by Crippen LogP contribution is -2.27. The molecule has 102 valence electrons. The van der Waals surface area contributed by atoms with Gasteiger partial charge in [0.05, 0.1) is 11.4 Å². The Labute approximate surface area is 117 Å². The molecule has 0 aliphatic carbocycles. The Morgan fingerprint density at radius 3 is 2.70 bits per heavy atom. The van der Waals surface area contributed by atoms with E-state index in [1.165, 1.54) is 17.7 Å². The van der Waals surface area contributed by atoms with E-state index in [4.69, 9.17) is 0 Å². The van der Waals surface area contributed by atoms with Crippen LogP contribution in [-0.2, 0) is 13.0 Å². The molecule has 1 aliphatic rings. The van der Waals surface area contributed by atoms with E-state index in [-0.39, 0.29) is 5.82 Å². The molecule has 0 atom stereocenters. The van der Waals surface area contributed by atoms with Crippen LogP contribution in [0.3, 0.4) is 0 Å². The van der Waals surface area contributed by atoms with Gasteiger partial charge in [-0.15, -0.1) is 0 Å². The van der Waals surface area contributed by atoms with Crippen molar-refractivity contribution in [3.63, 3.8) is 0 Å². The van der Waals surface area contributed by atoms with Crippen LogP contribution in [0.2, 0.25) is 0 Å². The lowest BCUT2D eigenvalue weighted by molar-refractivity contribution is 0.626. The first-order valence-electron chi connectivity index (χ1n) is 6.66. The monoisotopic (exact) mass is 269 g/mol. The van der Waals surface area contributed by atoms with Crippen molar-refractivity contribution in [1.82, 2.24) is 5.32 Å². The van der Waals surface area contributed by atoms with Crippen molar-refractivity contribution in [1.29, 1.82) is 0 Å². The van der Waals surface area contributed by atoms with Crippen LogP contribution >= 0.6 is 0 Å². The maximum Gasteiger partial charge on any atom is 0.123 e. The van der Waals surface area contributed by atoms with Gasteiger partial charge in [-0.05, 0) is 29.3 Å². The highest BCUT2D eigenvalue weighted by atomic mass is 19.1. The summed E-state index contributed by atoms with van der Waals surface area (Å²) in [5.74, 6) is -0.203. The van der Waals surface area contributed by atoms with Crippen molar-refractivity contribution in [3.05, 3.63) is 65.5 Å². The first-order valence-corrected chi connectivity index (χ1v) is 6.66. The molecule has 0 fully saturated rings. The standard InChI is InChI=1S/C16H16FN3/c17-14-7-5-12(6-8-14)10-18-11-15-9-13-3-1-2-4-16(13)20-19-15/h1-8,18,20H,9-11H2. The van der Waals surface area contributed by atoms with Crippen LogP contribution in [0.5, 0.6) is 0 Å². The number of rotatable bonds is 4. The molecule has 0 unspecified atom stereocenters. The quantitative estimate of drug-likeness (QED) is 0.895. The Bertz CT molecular complexity index is 620. The van der Waals surface area contributed by atoms with Gasteiger partial charge < -0.3 is 5.32 Å². The number of anilines is 1. The number of hydrazone groups is 1. The summed E-state index contributed by atoms with van der Waals surface area (Å²) in [6.45, 7) is 1.43.